The summed E-state index contributed by atoms with van der Waals surface area (Å²) in [6.07, 6.45) is 2.45. The van der Waals surface area contributed by atoms with Crippen molar-refractivity contribution in [3.8, 4) is 0 Å². The highest BCUT2D eigenvalue weighted by molar-refractivity contribution is 5.88. The Morgan fingerprint density at radius 3 is 2.61 bits per heavy atom. The van der Waals surface area contributed by atoms with Crippen molar-refractivity contribution >= 4 is 24.2 Å². The zero-order valence-electron chi connectivity index (χ0n) is 10.8. The first-order valence-electron chi connectivity index (χ1n) is 6.45. The van der Waals surface area contributed by atoms with Crippen LogP contribution in [0.1, 0.15) is 26.2 Å². The van der Waals surface area contributed by atoms with Gasteiger partial charge in [-0.25, -0.2) is 0 Å². The minimum absolute atomic E-state index is 0. The lowest BCUT2D eigenvalue weighted by atomic mass is 9.98. The SMILES string of the molecule is CC1CCN(C(=O)CC2NCCNC2=O)CC1.Cl. The van der Waals surface area contributed by atoms with E-state index in [-0.39, 0.29) is 30.3 Å². The third kappa shape index (κ3) is 3.85. The molecule has 6 heteroatoms. The van der Waals surface area contributed by atoms with Crippen molar-refractivity contribution in [2.24, 2.45) is 5.92 Å². The van der Waals surface area contributed by atoms with Gasteiger partial charge in [0.15, 0.2) is 0 Å². The second-order valence-corrected chi connectivity index (χ2v) is 5.07. The summed E-state index contributed by atoms with van der Waals surface area (Å²) in [6.45, 7) is 5.31. The van der Waals surface area contributed by atoms with Crippen LogP contribution in [0.15, 0.2) is 0 Å². The molecule has 104 valence electrons. The molecule has 2 saturated heterocycles. The molecule has 0 bridgehead atoms. The van der Waals surface area contributed by atoms with Gasteiger partial charge in [-0.2, -0.15) is 0 Å². The number of carbonyl (C=O) groups is 2. The average Bonchev–Trinajstić information content (AvgIpc) is 2.33. The highest BCUT2D eigenvalue weighted by Crippen LogP contribution is 2.17. The van der Waals surface area contributed by atoms with Gasteiger partial charge in [-0.15, -0.1) is 12.4 Å². The van der Waals surface area contributed by atoms with E-state index in [2.05, 4.69) is 17.6 Å². The average molecular weight is 276 g/mol. The third-order valence-electron chi connectivity index (χ3n) is 3.65. The molecule has 0 radical (unpaired) electrons. The first-order chi connectivity index (χ1) is 8.16. The van der Waals surface area contributed by atoms with Crippen LogP contribution in [0.4, 0.5) is 0 Å². The van der Waals surface area contributed by atoms with Gasteiger partial charge in [0.05, 0.1) is 12.5 Å². The zero-order valence-corrected chi connectivity index (χ0v) is 11.6. The largest absolute Gasteiger partial charge is 0.353 e. The predicted molar refractivity (Wildman–Crippen MR) is 71.6 cm³/mol. The highest BCUT2D eigenvalue weighted by Gasteiger charge is 2.27. The fourth-order valence-corrected chi connectivity index (χ4v) is 2.37. The number of halogens is 1. The first-order valence-corrected chi connectivity index (χ1v) is 6.45. The Labute approximate surface area is 114 Å². The molecule has 18 heavy (non-hydrogen) atoms. The molecule has 2 fully saturated rings. The first kappa shape index (κ1) is 15.2. The number of carbonyl (C=O) groups excluding carboxylic acids is 2. The topological polar surface area (TPSA) is 61.4 Å². The summed E-state index contributed by atoms with van der Waals surface area (Å²) in [5, 5.41) is 5.86. The van der Waals surface area contributed by atoms with Gasteiger partial charge in [-0.05, 0) is 18.8 Å². The second kappa shape index (κ2) is 6.95. The number of piperidine rings is 1. The van der Waals surface area contributed by atoms with Gasteiger partial charge >= 0.3 is 0 Å². The fourth-order valence-electron chi connectivity index (χ4n) is 2.37. The van der Waals surface area contributed by atoms with Crippen LogP contribution in [0.5, 0.6) is 0 Å². The van der Waals surface area contributed by atoms with Crippen molar-refractivity contribution in [3.63, 3.8) is 0 Å². The Kier molecular flexibility index (Phi) is 5.88. The molecule has 2 aliphatic rings. The van der Waals surface area contributed by atoms with Gasteiger partial charge in [0, 0.05) is 26.2 Å². The molecule has 0 spiro atoms. The number of rotatable bonds is 2. The Morgan fingerprint density at radius 1 is 1.33 bits per heavy atom. The molecule has 1 atom stereocenters. The number of nitrogens with one attached hydrogen (secondary N) is 2. The molecular weight excluding hydrogens is 254 g/mol. The standard InChI is InChI=1S/C12H21N3O2.ClH/c1-9-2-6-15(7-3-9)11(16)8-10-12(17)14-5-4-13-10;/h9-10,13H,2-8H2,1H3,(H,14,17);1H. The summed E-state index contributed by atoms with van der Waals surface area (Å²) in [7, 11) is 0. The molecule has 2 aliphatic heterocycles. The van der Waals surface area contributed by atoms with Gasteiger partial charge in [0.1, 0.15) is 0 Å². The monoisotopic (exact) mass is 275 g/mol. The van der Waals surface area contributed by atoms with Crippen molar-refractivity contribution in [2.45, 2.75) is 32.2 Å². The number of hydrogen-bond acceptors (Lipinski definition) is 3. The molecule has 0 aliphatic carbocycles. The van der Waals surface area contributed by atoms with E-state index in [1.165, 1.54) is 0 Å². The Hall–Kier alpha value is -0.810. The molecule has 0 aromatic rings. The lowest BCUT2D eigenvalue weighted by Crippen LogP contribution is -2.54. The smallest absolute Gasteiger partial charge is 0.237 e. The lowest BCUT2D eigenvalue weighted by molar-refractivity contribution is -0.136. The van der Waals surface area contributed by atoms with E-state index in [0.29, 0.717) is 13.0 Å². The molecule has 2 rings (SSSR count). The molecule has 0 saturated carbocycles. The van der Waals surface area contributed by atoms with Gasteiger partial charge in [-0.1, -0.05) is 6.92 Å². The van der Waals surface area contributed by atoms with Crippen LogP contribution in [-0.2, 0) is 9.59 Å². The molecule has 1 unspecified atom stereocenters. The van der Waals surface area contributed by atoms with Gasteiger partial charge in [-0.3, -0.25) is 9.59 Å². The third-order valence-corrected chi connectivity index (χ3v) is 3.65. The van der Waals surface area contributed by atoms with Crippen LogP contribution in [0.3, 0.4) is 0 Å². The molecule has 0 aromatic carbocycles. The van der Waals surface area contributed by atoms with E-state index in [1.807, 2.05) is 4.90 Å². The van der Waals surface area contributed by atoms with Gasteiger partial charge < -0.3 is 15.5 Å². The van der Waals surface area contributed by atoms with E-state index < -0.39 is 0 Å². The maximum Gasteiger partial charge on any atom is 0.237 e. The Morgan fingerprint density at radius 2 is 2.00 bits per heavy atom. The molecule has 0 aromatic heterocycles. The zero-order chi connectivity index (χ0) is 12.3. The summed E-state index contributed by atoms with van der Waals surface area (Å²) < 4.78 is 0. The van der Waals surface area contributed by atoms with Crippen LogP contribution >= 0.6 is 12.4 Å². The molecular formula is C12H22ClN3O2. The number of piperazine rings is 1. The fraction of sp³-hybridized carbons (Fsp3) is 0.833. The summed E-state index contributed by atoms with van der Waals surface area (Å²) in [5.41, 5.74) is 0. The van der Waals surface area contributed by atoms with Crippen molar-refractivity contribution < 1.29 is 9.59 Å². The number of nitrogens with zero attached hydrogens (tertiary/aromatic N) is 1. The second-order valence-electron chi connectivity index (χ2n) is 5.07. The molecule has 2 amide bonds. The van der Waals surface area contributed by atoms with Crippen molar-refractivity contribution in [2.75, 3.05) is 26.2 Å². The molecule has 2 N–H and O–H groups in total. The van der Waals surface area contributed by atoms with E-state index in [0.717, 1.165) is 38.4 Å². The number of likely N-dealkylation sites (tertiary alicyclic amines) is 1. The van der Waals surface area contributed by atoms with Gasteiger partial charge in [0.2, 0.25) is 11.8 Å². The van der Waals surface area contributed by atoms with E-state index in [1.54, 1.807) is 0 Å². The Bertz CT molecular complexity index is 304. The van der Waals surface area contributed by atoms with Crippen molar-refractivity contribution in [3.05, 3.63) is 0 Å². The highest BCUT2D eigenvalue weighted by atomic mass is 35.5. The van der Waals surface area contributed by atoms with Crippen LogP contribution in [0.2, 0.25) is 0 Å². The van der Waals surface area contributed by atoms with Crippen LogP contribution in [-0.4, -0.2) is 48.9 Å². The van der Waals surface area contributed by atoms with Crippen molar-refractivity contribution in [1.82, 2.24) is 15.5 Å². The maximum absolute atomic E-state index is 12.0. The quantitative estimate of drug-likeness (QED) is 0.754. The minimum Gasteiger partial charge on any atom is -0.353 e. The van der Waals surface area contributed by atoms with E-state index >= 15 is 0 Å². The van der Waals surface area contributed by atoms with E-state index in [4.69, 9.17) is 0 Å². The van der Waals surface area contributed by atoms with Crippen molar-refractivity contribution in [1.29, 1.82) is 0 Å². The van der Waals surface area contributed by atoms with Crippen LogP contribution in [0.25, 0.3) is 0 Å². The molecule has 2 heterocycles. The van der Waals surface area contributed by atoms with Gasteiger partial charge in [0.25, 0.3) is 0 Å². The summed E-state index contributed by atoms with van der Waals surface area (Å²) >= 11 is 0. The van der Waals surface area contributed by atoms with Crippen LogP contribution in [0, 0.1) is 5.92 Å². The summed E-state index contributed by atoms with van der Waals surface area (Å²) in [5.74, 6) is 0.775. The number of amides is 2. The number of hydrogen-bond donors (Lipinski definition) is 2. The van der Waals surface area contributed by atoms with E-state index in [9.17, 15) is 9.59 Å². The van der Waals surface area contributed by atoms with Crippen LogP contribution < -0.4 is 10.6 Å². The summed E-state index contributed by atoms with van der Waals surface area (Å²) in [6, 6.07) is -0.337. The Balaban J connectivity index is 0.00000162. The summed E-state index contributed by atoms with van der Waals surface area (Å²) in [4.78, 5) is 25.4. The molecule has 5 nitrogen and oxygen atoms in total. The normalized spacial score (nSPS) is 25.3. The maximum atomic E-state index is 12.0. The minimum atomic E-state index is -0.337. The predicted octanol–water partition coefficient (Wildman–Crippen LogP) is 0.145. The lowest BCUT2D eigenvalue weighted by Gasteiger charge is -2.32.